The first kappa shape index (κ1) is 19.6. The highest BCUT2D eigenvalue weighted by Gasteiger charge is 2.50. The Bertz CT molecular complexity index is 1080. The SMILES string of the molecule is CC(NC(=O)C1(Cc2ccccc2)CN(c2ncccc2C#N)C1)c1nncn1C. The first-order valence-corrected chi connectivity index (χ1v) is 9.81. The third kappa shape index (κ3) is 3.62. The van der Waals surface area contributed by atoms with Crippen LogP contribution in [0.4, 0.5) is 5.82 Å². The molecule has 1 unspecified atom stereocenters. The maximum absolute atomic E-state index is 13.4. The number of nitrogens with one attached hydrogen (secondary N) is 1. The van der Waals surface area contributed by atoms with Gasteiger partial charge in [0.15, 0.2) is 5.82 Å². The van der Waals surface area contributed by atoms with Crippen LogP contribution in [0.5, 0.6) is 0 Å². The van der Waals surface area contributed by atoms with Crippen LogP contribution in [0.25, 0.3) is 0 Å². The summed E-state index contributed by atoms with van der Waals surface area (Å²) >= 11 is 0. The normalized spacial score (nSPS) is 15.7. The molecule has 1 fully saturated rings. The Hall–Kier alpha value is -3.73. The maximum atomic E-state index is 13.4. The molecule has 0 aliphatic carbocycles. The molecule has 1 atom stereocenters. The van der Waals surface area contributed by atoms with Gasteiger partial charge < -0.3 is 14.8 Å². The van der Waals surface area contributed by atoms with Crippen molar-refractivity contribution >= 4 is 11.7 Å². The molecule has 1 amide bonds. The number of nitriles is 1. The molecule has 3 heterocycles. The van der Waals surface area contributed by atoms with E-state index in [1.165, 1.54) is 0 Å². The van der Waals surface area contributed by atoms with Gasteiger partial charge in [0.25, 0.3) is 0 Å². The van der Waals surface area contributed by atoms with Gasteiger partial charge in [0.2, 0.25) is 5.91 Å². The summed E-state index contributed by atoms with van der Waals surface area (Å²) in [6, 6.07) is 15.4. The van der Waals surface area contributed by atoms with Gasteiger partial charge in [0, 0.05) is 26.3 Å². The number of hydrogen-bond acceptors (Lipinski definition) is 6. The Balaban J connectivity index is 1.57. The summed E-state index contributed by atoms with van der Waals surface area (Å²) in [5.41, 5.74) is 0.997. The topological polar surface area (TPSA) is 99.7 Å². The molecular weight excluding hydrogens is 378 g/mol. The van der Waals surface area contributed by atoms with Crippen LogP contribution < -0.4 is 10.2 Å². The van der Waals surface area contributed by atoms with Crippen molar-refractivity contribution in [3.63, 3.8) is 0 Å². The van der Waals surface area contributed by atoms with E-state index in [1.54, 1.807) is 29.2 Å². The Morgan fingerprint density at radius 2 is 2.03 bits per heavy atom. The molecule has 1 aromatic carbocycles. The van der Waals surface area contributed by atoms with Crippen LogP contribution in [0.3, 0.4) is 0 Å². The van der Waals surface area contributed by atoms with E-state index in [9.17, 15) is 10.1 Å². The molecule has 4 rings (SSSR count). The average Bonchev–Trinajstić information content (AvgIpc) is 3.17. The first-order chi connectivity index (χ1) is 14.5. The van der Waals surface area contributed by atoms with Gasteiger partial charge in [-0.3, -0.25) is 4.79 Å². The molecule has 30 heavy (non-hydrogen) atoms. The van der Waals surface area contributed by atoms with Crippen molar-refractivity contribution < 1.29 is 4.79 Å². The predicted molar refractivity (Wildman–Crippen MR) is 111 cm³/mol. The maximum Gasteiger partial charge on any atom is 0.230 e. The summed E-state index contributed by atoms with van der Waals surface area (Å²) in [5.74, 6) is 1.29. The van der Waals surface area contributed by atoms with Crippen molar-refractivity contribution in [2.24, 2.45) is 12.5 Å². The molecule has 1 aliphatic heterocycles. The van der Waals surface area contributed by atoms with Gasteiger partial charge in [-0.2, -0.15) is 5.26 Å². The van der Waals surface area contributed by atoms with E-state index in [0.717, 1.165) is 5.56 Å². The van der Waals surface area contributed by atoms with E-state index in [4.69, 9.17) is 0 Å². The average molecular weight is 401 g/mol. The molecule has 0 radical (unpaired) electrons. The summed E-state index contributed by atoms with van der Waals surface area (Å²) in [4.78, 5) is 19.8. The zero-order valence-corrected chi connectivity index (χ0v) is 17.0. The van der Waals surface area contributed by atoms with Gasteiger partial charge in [0.05, 0.1) is 17.0 Å². The highest BCUT2D eigenvalue weighted by atomic mass is 16.2. The molecule has 0 saturated carbocycles. The molecule has 1 saturated heterocycles. The molecule has 0 spiro atoms. The van der Waals surface area contributed by atoms with Gasteiger partial charge in [0.1, 0.15) is 18.2 Å². The summed E-state index contributed by atoms with van der Waals surface area (Å²) in [6.45, 7) is 2.89. The van der Waals surface area contributed by atoms with Gasteiger partial charge >= 0.3 is 0 Å². The largest absolute Gasteiger partial charge is 0.353 e. The molecule has 1 aliphatic rings. The number of amides is 1. The Morgan fingerprint density at radius 1 is 1.27 bits per heavy atom. The number of nitrogens with zero attached hydrogens (tertiary/aromatic N) is 6. The number of hydrogen-bond donors (Lipinski definition) is 1. The van der Waals surface area contributed by atoms with Crippen molar-refractivity contribution in [3.05, 3.63) is 71.9 Å². The first-order valence-electron chi connectivity index (χ1n) is 9.81. The van der Waals surface area contributed by atoms with Crippen LogP contribution in [0, 0.1) is 16.7 Å². The molecule has 1 N–H and O–H groups in total. The number of carbonyl (C=O) groups is 1. The van der Waals surface area contributed by atoms with Crippen molar-refractivity contribution in [1.29, 1.82) is 5.26 Å². The van der Waals surface area contributed by atoms with Crippen LogP contribution in [-0.2, 0) is 18.3 Å². The Labute approximate surface area is 175 Å². The fraction of sp³-hybridized carbons (Fsp3) is 0.318. The van der Waals surface area contributed by atoms with E-state index < -0.39 is 5.41 Å². The van der Waals surface area contributed by atoms with E-state index >= 15 is 0 Å². The lowest BCUT2D eigenvalue weighted by atomic mass is 9.73. The highest BCUT2D eigenvalue weighted by Crippen LogP contribution is 2.38. The lowest BCUT2D eigenvalue weighted by molar-refractivity contribution is -0.133. The number of aryl methyl sites for hydroxylation is 1. The quantitative estimate of drug-likeness (QED) is 0.678. The number of anilines is 1. The fourth-order valence-corrected chi connectivity index (χ4v) is 3.99. The molecule has 0 bridgehead atoms. The van der Waals surface area contributed by atoms with Gasteiger partial charge in [-0.15, -0.1) is 10.2 Å². The van der Waals surface area contributed by atoms with Crippen LogP contribution >= 0.6 is 0 Å². The number of carbonyl (C=O) groups excluding carboxylic acids is 1. The number of benzene rings is 1. The zero-order chi connectivity index (χ0) is 21.1. The predicted octanol–water partition coefficient (Wildman–Crippen LogP) is 2.01. The summed E-state index contributed by atoms with van der Waals surface area (Å²) in [6.07, 6.45) is 3.90. The summed E-state index contributed by atoms with van der Waals surface area (Å²) in [7, 11) is 1.85. The number of rotatable bonds is 6. The minimum absolute atomic E-state index is 0.0347. The van der Waals surface area contributed by atoms with Crippen molar-refractivity contribution in [1.82, 2.24) is 25.1 Å². The van der Waals surface area contributed by atoms with Crippen molar-refractivity contribution in [3.8, 4) is 6.07 Å². The second-order valence-corrected chi connectivity index (χ2v) is 7.78. The van der Waals surface area contributed by atoms with E-state index in [-0.39, 0.29) is 11.9 Å². The highest BCUT2D eigenvalue weighted by molar-refractivity contribution is 5.87. The van der Waals surface area contributed by atoms with E-state index in [2.05, 4.69) is 26.6 Å². The molecule has 8 nitrogen and oxygen atoms in total. The number of aromatic nitrogens is 4. The van der Waals surface area contributed by atoms with Crippen molar-refractivity contribution in [2.75, 3.05) is 18.0 Å². The minimum Gasteiger partial charge on any atom is -0.353 e. The minimum atomic E-state index is -0.613. The molecule has 3 aromatic rings. The van der Waals surface area contributed by atoms with Crippen molar-refractivity contribution in [2.45, 2.75) is 19.4 Å². The third-order valence-electron chi connectivity index (χ3n) is 5.54. The third-order valence-corrected chi connectivity index (χ3v) is 5.54. The van der Waals surface area contributed by atoms with Crippen LogP contribution in [0.1, 0.15) is 29.9 Å². The zero-order valence-electron chi connectivity index (χ0n) is 17.0. The molecule has 152 valence electrons. The second-order valence-electron chi connectivity index (χ2n) is 7.78. The number of pyridine rings is 1. The smallest absolute Gasteiger partial charge is 0.230 e. The second kappa shape index (κ2) is 7.95. The van der Waals surface area contributed by atoms with Crippen LogP contribution in [-0.4, -0.2) is 38.7 Å². The molecule has 8 heteroatoms. The van der Waals surface area contributed by atoms with Gasteiger partial charge in [-0.1, -0.05) is 30.3 Å². The van der Waals surface area contributed by atoms with E-state index in [1.807, 2.05) is 49.2 Å². The van der Waals surface area contributed by atoms with Crippen LogP contribution in [0.2, 0.25) is 0 Å². The van der Waals surface area contributed by atoms with E-state index in [0.29, 0.717) is 36.7 Å². The lowest BCUT2D eigenvalue weighted by Gasteiger charge is -2.50. The summed E-state index contributed by atoms with van der Waals surface area (Å²) < 4.78 is 1.80. The monoisotopic (exact) mass is 401 g/mol. The fourth-order valence-electron chi connectivity index (χ4n) is 3.99. The van der Waals surface area contributed by atoms with Gasteiger partial charge in [-0.05, 0) is 31.0 Å². The summed E-state index contributed by atoms with van der Waals surface area (Å²) in [5, 5.41) is 20.5. The standard InChI is InChI=1S/C22H23N7O/c1-16(19-27-25-15-28(19)2)26-21(30)22(11-17-7-4-3-5-8-17)13-29(14-22)20-18(12-23)9-6-10-24-20/h3-10,15-16H,11,13-14H2,1-2H3,(H,26,30). The Kier molecular flexibility index (Phi) is 5.19. The molecular formula is C22H23N7O. The molecule has 2 aromatic heterocycles. The lowest BCUT2D eigenvalue weighted by Crippen LogP contribution is -2.65. The Morgan fingerprint density at radius 3 is 2.70 bits per heavy atom. The van der Waals surface area contributed by atoms with Crippen LogP contribution in [0.15, 0.2) is 55.0 Å². The van der Waals surface area contributed by atoms with Gasteiger partial charge in [-0.25, -0.2) is 4.98 Å².